The lowest BCUT2D eigenvalue weighted by Gasteiger charge is -2.34. The van der Waals surface area contributed by atoms with Crippen molar-refractivity contribution in [1.82, 2.24) is 9.88 Å². The highest BCUT2D eigenvalue weighted by atomic mass is 32.2. The minimum absolute atomic E-state index is 0.146. The normalized spacial score (nSPS) is 15.3. The number of anilines is 1. The van der Waals surface area contributed by atoms with Crippen LogP contribution in [0.15, 0.2) is 65.7 Å². The van der Waals surface area contributed by atoms with E-state index in [1.165, 1.54) is 29.0 Å². The van der Waals surface area contributed by atoms with Crippen LogP contribution < -0.4 is 4.90 Å². The van der Waals surface area contributed by atoms with Crippen LogP contribution in [0.1, 0.15) is 20.8 Å². The van der Waals surface area contributed by atoms with Crippen LogP contribution in [0.5, 0.6) is 0 Å². The molecule has 2 aromatic carbocycles. The summed E-state index contributed by atoms with van der Waals surface area (Å²) in [6.45, 7) is 4.53. The molecule has 3 aromatic rings. The van der Waals surface area contributed by atoms with E-state index in [0.29, 0.717) is 10.4 Å². The Morgan fingerprint density at radius 3 is 2.47 bits per heavy atom. The van der Waals surface area contributed by atoms with E-state index in [1.54, 1.807) is 18.3 Å². The lowest BCUT2D eigenvalue weighted by Crippen LogP contribution is -2.45. The molecule has 1 aliphatic rings. The van der Waals surface area contributed by atoms with Gasteiger partial charge >= 0.3 is 0 Å². The summed E-state index contributed by atoms with van der Waals surface area (Å²) in [4.78, 5) is 22.6. The Morgan fingerprint density at radius 2 is 1.77 bits per heavy atom. The second-order valence-corrected chi connectivity index (χ2v) is 10.4. The van der Waals surface area contributed by atoms with Crippen LogP contribution in [0.3, 0.4) is 0 Å². The first-order valence-electron chi connectivity index (χ1n) is 9.72. The molecule has 0 amide bonds. The summed E-state index contributed by atoms with van der Waals surface area (Å²) >= 11 is 1.36. The molecule has 1 aromatic heterocycles. The fourth-order valence-electron chi connectivity index (χ4n) is 3.47. The summed E-state index contributed by atoms with van der Waals surface area (Å²) in [5, 5.41) is 0.831. The summed E-state index contributed by atoms with van der Waals surface area (Å²) < 4.78 is 23.5. The lowest BCUT2D eigenvalue weighted by atomic mass is 10.1. The number of ketones is 1. The van der Waals surface area contributed by atoms with Crippen LogP contribution in [0.25, 0.3) is 0 Å². The minimum atomic E-state index is -3.36. The van der Waals surface area contributed by atoms with Gasteiger partial charge in [-0.15, -0.1) is 0 Å². The van der Waals surface area contributed by atoms with Crippen molar-refractivity contribution in [1.29, 1.82) is 0 Å². The van der Waals surface area contributed by atoms with Gasteiger partial charge in [0, 0.05) is 44.5 Å². The molecule has 1 fully saturated rings. The third-order valence-corrected chi connectivity index (χ3v) is 7.30. The number of thiazole rings is 1. The van der Waals surface area contributed by atoms with Crippen molar-refractivity contribution in [3.8, 4) is 0 Å². The molecule has 0 spiro atoms. The molecule has 1 saturated heterocycles. The fraction of sp³-hybridized carbons (Fsp3) is 0.273. The first-order valence-corrected chi connectivity index (χ1v) is 12.4. The Bertz CT molecular complexity index is 1140. The molecule has 0 bridgehead atoms. The van der Waals surface area contributed by atoms with Crippen molar-refractivity contribution < 1.29 is 13.2 Å². The highest BCUT2D eigenvalue weighted by molar-refractivity contribution is 7.90. The van der Waals surface area contributed by atoms with E-state index in [0.717, 1.165) is 44.1 Å². The maximum atomic E-state index is 12.8. The zero-order valence-electron chi connectivity index (χ0n) is 16.7. The Kier molecular flexibility index (Phi) is 5.99. The molecule has 0 N–H and O–H groups in total. The van der Waals surface area contributed by atoms with Crippen LogP contribution >= 0.6 is 11.3 Å². The van der Waals surface area contributed by atoms with Gasteiger partial charge in [-0.05, 0) is 17.7 Å². The van der Waals surface area contributed by atoms with E-state index < -0.39 is 9.84 Å². The lowest BCUT2D eigenvalue weighted by molar-refractivity contribution is 0.104. The van der Waals surface area contributed by atoms with E-state index in [-0.39, 0.29) is 10.7 Å². The first-order chi connectivity index (χ1) is 14.4. The number of hydrogen-bond acceptors (Lipinski definition) is 7. The topological polar surface area (TPSA) is 70.6 Å². The molecule has 0 radical (unpaired) electrons. The van der Waals surface area contributed by atoms with Crippen LogP contribution in [0.2, 0.25) is 0 Å². The molecular weight excluding hydrogens is 418 g/mol. The van der Waals surface area contributed by atoms with Gasteiger partial charge in [0.05, 0.1) is 16.0 Å². The van der Waals surface area contributed by atoms with E-state index in [2.05, 4.69) is 39.0 Å². The minimum Gasteiger partial charge on any atom is -0.346 e. The van der Waals surface area contributed by atoms with Crippen LogP contribution in [0.4, 0.5) is 5.13 Å². The molecular formula is C22H23N3O3S2. The Hall–Kier alpha value is -2.55. The molecule has 4 rings (SSSR count). The SMILES string of the molecule is CS(=O)(=O)c1cccc(C(=O)c2cnc(N3CCN(Cc4ccccc4)CC3)s2)c1. The van der Waals surface area contributed by atoms with Gasteiger partial charge in [-0.2, -0.15) is 0 Å². The average molecular weight is 442 g/mol. The molecule has 0 unspecified atom stereocenters. The monoisotopic (exact) mass is 441 g/mol. The third-order valence-electron chi connectivity index (χ3n) is 5.13. The summed E-state index contributed by atoms with van der Waals surface area (Å²) in [5.41, 5.74) is 1.67. The molecule has 0 saturated carbocycles. The number of sulfone groups is 1. The zero-order valence-corrected chi connectivity index (χ0v) is 18.3. The number of rotatable bonds is 6. The molecule has 6 nitrogen and oxygen atoms in total. The predicted molar refractivity (Wildman–Crippen MR) is 119 cm³/mol. The van der Waals surface area contributed by atoms with Crippen molar-refractivity contribution in [2.45, 2.75) is 11.4 Å². The second-order valence-electron chi connectivity index (χ2n) is 7.39. The van der Waals surface area contributed by atoms with E-state index >= 15 is 0 Å². The number of benzene rings is 2. The summed E-state index contributed by atoms with van der Waals surface area (Å²) in [6, 6.07) is 16.6. The van der Waals surface area contributed by atoms with Crippen molar-refractivity contribution >= 4 is 32.1 Å². The highest BCUT2D eigenvalue weighted by Gasteiger charge is 2.22. The smallest absolute Gasteiger partial charge is 0.204 e. The molecule has 1 aliphatic heterocycles. The predicted octanol–water partition coefficient (Wildman–Crippen LogP) is 3.10. The summed E-state index contributed by atoms with van der Waals surface area (Å²) in [7, 11) is -3.36. The van der Waals surface area contributed by atoms with E-state index in [9.17, 15) is 13.2 Å². The Balaban J connectivity index is 1.41. The molecule has 0 atom stereocenters. The fourth-order valence-corrected chi connectivity index (χ4v) is 5.06. The third kappa shape index (κ3) is 4.77. The van der Waals surface area contributed by atoms with E-state index in [4.69, 9.17) is 0 Å². The number of carbonyl (C=O) groups is 1. The molecule has 156 valence electrons. The van der Waals surface area contributed by atoms with Gasteiger partial charge in [0.15, 0.2) is 15.0 Å². The number of hydrogen-bond donors (Lipinski definition) is 0. The van der Waals surface area contributed by atoms with Gasteiger partial charge in [0.1, 0.15) is 0 Å². The zero-order chi connectivity index (χ0) is 21.1. The molecule has 0 aliphatic carbocycles. The van der Waals surface area contributed by atoms with Crippen LogP contribution in [-0.4, -0.2) is 56.5 Å². The van der Waals surface area contributed by atoms with Gasteiger partial charge < -0.3 is 4.90 Å². The van der Waals surface area contributed by atoms with Gasteiger partial charge in [0.25, 0.3) is 0 Å². The quantitative estimate of drug-likeness (QED) is 0.548. The van der Waals surface area contributed by atoms with Crippen LogP contribution in [0, 0.1) is 0 Å². The van der Waals surface area contributed by atoms with Gasteiger partial charge in [-0.3, -0.25) is 9.69 Å². The van der Waals surface area contributed by atoms with Crippen molar-refractivity contribution in [2.75, 3.05) is 37.3 Å². The number of nitrogens with zero attached hydrogens (tertiary/aromatic N) is 3. The van der Waals surface area contributed by atoms with Crippen molar-refractivity contribution in [2.24, 2.45) is 0 Å². The average Bonchev–Trinajstić information content (AvgIpc) is 3.24. The first kappa shape index (κ1) is 20.7. The largest absolute Gasteiger partial charge is 0.346 e. The van der Waals surface area contributed by atoms with Crippen molar-refractivity contribution in [3.63, 3.8) is 0 Å². The standard InChI is InChI=1S/C22H23N3O3S2/c1-30(27,28)19-9-5-8-18(14-19)21(26)20-15-23-22(29-20)25-12-10-24(11-13-25)16-17-6-3-2-4-7-17/h2-9,14-15H,10-13,16H2,1H3. The van der Waals surface area contributed by atoms with Crippen molar-refractivity contribution in [3.05, 3.63) is 76.8 Å². The maximum absolute atomic E-state index is 12.8. The van der Waals surface area contributed by atoms with Gasteiger partial charge in [-0.1, -0.05) is 53.8 Å². The summed E-state index contributed by atoms with van der Waals surface area (Å²) in [6.07, 6.45) is 2.73. The summed E-state index contributed by atoms with van der Waals surface area (Å²) in [5.74, 6) is -0.202. The second kappa shape index (κ2) is 8.67. The van der Waals surface area contributed by atoms with Gasteiger partial charge in [-0.25, -0.2) is 13.4 Å². The van der Waals surface area contributed by atoms with Crippen LogP contribution in [-0.2, 0) is 16.4 Å². The maximum Gasteiger partial charge on any atom is 0.204 e. The number of aromatic nitrogens is 1. The Morgan fingerprint density at radius 1 is 1.03 bits per heavy atom. The number of carbonyl (C=O) groups excluding carboxylic acids is 1. The molecule has 8 heteroatoms. The molecule has 30 heavy (non-hydrogen) atoms. The van der Waals surface area contributed by atoms with Gasteiger partial charge in [0.2, 0.25) is 5.78 Å². The molecule has 2 heterocycles. The Labute approximate surface area is 180 Å². The van der Waals surface area contributed by atoms with E-state index in [1.807, 2.05) is 6.07 Å². The highest BCUT2D eigenvalue weighted by Crippen LogP contribution is 2.26. The number of piperazine rings is 1.